The van der Waals surface area contributed by atoms with Gasteiger partial charge in [-0.05, 0) is 33.2 Å². The van der Waals surface area contributed by atoms with Gasteiger partial charge in [0.25, 0.3) is 0 Å². The summed E-state index contributed by atoms with van der Waals surface area (Å²) in [5, 5.41) is 6.89. The predicted molar refractivity (Wildman–Crippen MR) is 61.9 cm³/mol. The summed E-state index contributed by atoms with van der Waals surface area (Å²) < 4.78 is 0. The van der Waals surface area contributed by atoms with Crippen LogP contribution in [-0.4, -0.2) is 43.2 Å². The minimum Gasteiger partial charge on any atom is -0.361 e. The molecule has 0 amide bonds. The first-order chi connectivity index (χ1) is 6.06. The van der Waals surface area contributed by atoms with E-state index >= 15 is 0 Å². The molecule has 0 saturated heterocycles. The van der Waals surface area contributed by atoms with Gasteiger partial charge in [-0.3, -0.25) is 0 Å². The zero-order valence-corrected chi connectivity index (χ0v) is 9.45. The van der Waals surface area contributed by atoms with Gasteiger partial charge in [-0.25, -0.2) is 0 Å². The Balaban J connectivity index is 3.46. The zero-order chi connectivity index (χ0) is 10.3. The summed E-state index contributed by atoms with van der Waals surface area (Å²) in [6.07, 6.45) is 1.82. The molecule has 0 saturated carbocycles. The molecule has 3 nitrogen and oxygen atoms in total. The Morgan fingerprint density at radius 1 is 1.62 bits per heavy atom. The number of nitrogens with zero attached hydrogens (tertiary/aromatic N) is 1. The van der Waals surface area contributed by atoms with E-state index in [1.807, 2.05) is 27.1 Å². The second-order valence-corrected chi connectivity index (χ2v) is 3.64. The summed E-state index contributed by atoms with van der Waals surface area (Å²) in [6.45, 7) is 7.51. The molecule has 0 aromatic heterocycles. The van der Waals surface area contributed by atoms with Crippen molar-refractivity contribution in [3.05, 3.63) is 12.7 Å². The van der Waals surface area contributed by atoms with Crippen molar-refractivity contribution >= 4 is 17.3 Å². The van der Waals surface area contributed by atoms with E-state index < -0.39 is 0 Å². The van der Waals surface area contributed by atoms with Gasteiger partial charge in [0, 0.05) is 19.1 Å². The minimum absolute atomic E-state index is 0.222. The maximum absolute atomic E-state index is 5.06. The maximum Gasteiger partial charge on any atom is 0.166 e. The fourth-order valence-corrected chi connectivity index (χ4v) is 0.998. The molecular weight excluding hydrogens is 182 g/mol. The molecule has 4 heteroatoms. The van der Waals surface area contributed by atoms with Crippen LogP contribution in [0.25, 0.3) is 0 Å². The summed E-state index contributed by atoms with van der Waals surface area (Å²) in [4.78, 5) is 2.10. The Hall–Kier alpha value is -0.610. The van der Waals surface area contributed by atoms with Gasteiger partial charge >= 0.3 is 0 Å². The summed E-state index contributed by atoms with van der Waals surface area (Å²) in [6, 6.07) is 0.222. The van der Waals surface area contributed by atoms with Crippen LogP contribution in [-0.2, 0) is 0 Å². The van der Waals surface area contributed by atoms with Crippen LogP contribution >= 0.6 is 12.2 Å². The Morgan fingerprint density at radius 3 is 2.69 bits per heavy atom. The molecule has 0 aromatic rings. The van der Waals surface area contributed by atoms with E-state index in [9.17, 15) is 0 Å². The first kappa shape index (κ1) is 12.4. The SMILES string of the molecule is C=CC(C)NC(=S)NCCN(C)C. The van der Waals surface area contributed by atoms with Crippen LogP contribution in [0.5, 0.6) is 0 Å². The smallest absolute Gasteiger partial charge is 0.166 e. The van der Waals surface area contributed by atoms with Gasteiger partial charge in [0.1, 0.15) is 0 Å². The molecule has 1 unspecified atom stereocenters. The first-order valence-corrected chi connectivity index (χ1v) is 4.78. The Morgan fingerprint density at radius 2 is 2.23 bits per heavy atom. The summed E-state index contributed by atoms with van der Waals surface area (Å²) in [5.74, 6) is 0. The molecule has 76 valence electrons. The van der Waals surface area contributed by atoms with Crippen molar-refractivity contribution in [3.63, 3.8) is 0 Å². The average molecular weight is 201 g/mol. The fraction of sp³-hybridized carbons (Fsp3) is 0.667. The van der Waals surface area contributed by atoms with Gasteiger partial charge < -0.3 is 15.5 Å². The number of nitrogens with one attached hydrogen (secondary N) is 2. The quantitative estimate of drug-likeness (QED) is 0.503. The molecule has 2 N–H and O–H groups in total. The van der Waals surface area contributed by atoms with Gasteiger partial charge in [-0.15, -0.1) is 6.58 Å². The van der Waals surface area contributed by atoms with E-state index in [1.54, 1.807) is 0 Å². The van der Waals surface area contributed by atoms with Gasteiger partial charge in [-0.1, -0.05) is 6.08 Å². The highest BCUT2D eigenvalue weighted by Gasteiger charge is 1.98. The highest BCUT2D eigenvalue weighted by atomic mass is 32.1. The van der Waals surface area contributed by atoms with Crippen molar-refractivity contribution in [3.8, 4) is 0 Å². The molecule has 0 spiro atoms. The predicted octanol–water partition coefficient (Wildman–Crippen LogP) is 0.587. The lowest BCUT2D eigenvalue weighted by atomic mass is 10.3. The monoisotopic (exact) mass is 201 g/mol. The first-order valence-electron chi connectivity index (χ1n) is 4.38. The normalized spacial score (nSPS) is 12.3. The molecule has 0 fully saturated rings. The Bertz CT molecular complexity index is 168. The highest BCUT2D eigenvalue weighted by Crippen LogP contribution is 1.81. The largest absolute Gasteiger partial charge is 0.361 e. The van der Waals surface area contributed by atoms with Crippen LogP contribution in [0.2, 0.25) is 0 Å². The number of rotatable bonds is 5. The molecule has 1 atom stereocenters. The molecule has 0 radical (unpaired) electrons. The molecule has 0 aromatic carbocycles. The third-order valence-electron chi connectivity index (χ3n) is 1.56. The third-order valence-corrected chi connectivity index (χ3v) is 1.82. The third kappa shape index (κ3) is 7.74. The lowest BCUT2D eigenvalue weighted by molar-refractivity contribution is 0.412. The van der Waals surface area contributed by atoms with Crippen LogP contribution in [0.1, 0.15) is 6.92 Å². The fourth-order valence-electron chi connectivity index (χ4n) is 0.710. The van der Waals surface area contributed by atoms with Crippen molar-refractivity contribution in [2.75, 3.05) is 27.2 Å². The Kier molecular flexibility index (Phi) is 6.54. The van der Waals surface area contributed by atoms with E-state index in [2.05, 4.69) is 22.1 Å². The standard InChI is InChI=1S/C9H19N3S/c1-5-8(2)11-9(13)10-6-7-12(3)4/h5,8H,1,6-7H2,2-4H3,(H2,10,11,13). The molecule has 13 heavy (non-hydrogen) atoms. The van der Waals surface area contributed by atoms with E-state index in [4.69, 9.17) is 12.2 Å². The van der Waals surface area contributed by atoms with Gasteiger partial charge in [-0.2, -0.15) is 0 Å². The van der Waals surface area contributed by atoms with Crippen molar-refractivity contribution in [2.45, 2.75) is 13.0 Å². The van der Waals surface area contributed by atoms with Gasteiger partial charge in [0.05, 0.1) is 0 Å². The van der Waals surface area contributed by atoms with Crippen molar-refractivity contribution < 1.29 is 0 Å². The molecule has 0 aliphatic rings. The van der Waals surface area contributed by atoms with Crippen molar-refractivity contribution in [1.82, 2.24) is 15.5 Å². The lowest BCUT2D eigenvalue weighted by Gasteiger charge is -2.15. The number of thiocarbonyl (C=S) groups is 1. The second-order valence-electron chi connectivity index (χ2n) is 3.23. The van der Waals surface area contributed by atoms with Gasteiger partial charge in [0.15, 0.2) is 5.11 Å². The molecule has 0 aliphatic carbocycles. The maximum atomic E-state index is 5.06. The van der Waals surface area contributed by atoms with Crippen molar-refractivity contribution in [2.24, 2.45) is 0 Å². The Labute approximate surface area is 86.2 Å². The van der Waals surface area contributed by atoms with Crippen LogP contribution in [0.4, 0.5) is 0 Å². The molecular formula is C9H19N3S. The van der Waals surface area contributed by atoms with Crippen LogP contribution < -0.4 is 10.6 Å². The van der Waals surface area contributed by atoms with Crippen LogP contribution in [0, 0.1) is 0 Å². The molecule has 0 heterocycles. The van der Waals surface area contributed by atoms with Gasteiger partial charge in [0.2, 0.25) is 0 Å². The van der Waals surface area contributed by atoms with E-state index in [0.717, 1.165) is 13.1 Å². The van der Waals surface area contributed by atoms with E-state index in [0.29, 0.717) is 5.11 Å². The topological polar surface area (TPSA) is 27.3 Å². The minimum atomic E-state index is 0.222. The molecule has 0 rings (SSSR count). The zero-order valence-electron chi connectivity index (χ0n) is 8.63. The summed E-state index contributed by atoms with van der Waals surface area (Å²) in [7, 11) is 4.06. The van der Waals surface area contributed by atoms with Crippen molar-refractivity contribution in [1.29, 1.82) is 0 Å². The average Bonchev–Trinajstić information content (AvgIpc) is 2.03. The van der Waals surface area contributed by atoms with E-state index in [-0.39, 0.29) is 6.04 Å². The number of hydrogen-bond acceptors (Lipinski definition) is 2. The van der Waals surface area contributed by atoms with Crippen LogP contribution in [0.3, 0.4) is 0 Å². The molecule has 0 bridgehead atoms. The lowest BCUT2D eigenvalue weighted by Crippen LogP contribution is -2.42. The highest BCUT2D eigenvalue weighted by molar-refractivity contribution is 7.80. The van der Waals surface area contributed by atoms with Crippen LogP contribution in [0.15, 0.2) is 12.7 Å². The summed E-state index contributed by atoms with van der Waals surface area (Å²) >= 11 is 5.06. The van der Waals surface area contributed by atoms with E-state index in [1.165, 1.54) is 0 Å². The molecule has 0 aliphatic heterocycles. The number of hydrogen-bond donors (Lipinski definition) is 2. The second kappa shape index (κ2) is 6.86. The number of likely N-dealkylation sites (N-methyl/N-ethyl adjacent to an activating group) is 1. The summed E-state index contributed by atoms with van der Waals surface area (Å²) in [5.41, 5.74) is 0.